The second kappa shape index (κ2) is 6.39. The van der Waals surface area contributed by atoms with Gasteiger partial charge in [-0.2, -0.15) is 0 Å². The highest BCUT2D eigenvalue weighted by molar-refractivity contribution is 7.12. The SMILES string of the molecule is NCC#Cc1ccsc1C(=O)Nc1cccc(Cl)c1. The number of hydrogen-bond acceptors (Lipinski definition) is 3. The van der Waals surface area contributed by atoms with Crippen LogP contribution in [0, 0.1) is 11.8 Å². The molecule has 19 heavy (non-hydrogen) atoms. The zero-order valence-corrected chi connectivity index (χ0v) is 11.5. The molecule has 0 aliphatic carbocycles. The molecule has 1 aromatic carbocycles. The van der Waals surface area contributed by atoms with Gasteiger partial charge >= 0.3 is 0 Å². The van der Waals surface area contributed by atoms with Crippen LogP contribution < -0.4 is 11.1 Å². The molecular weight excluding hydrogens is 280 g/mol. The van der Waals surface area contributed by atoms with E-state index in [1.54, 1.807) is 30.3 Å². The summed E-state index contributed by atoms with van der Waals surface area (Å²) in [7, 11) is 0. The Kier molecular flexibility index (Phi) is 4.58. The lowest BCUT2D eigenvalue weighted by molar-refractivity contribution is 0.103. The van der Waals surface area contributed by atoms with Gasteiger partial charge in [-0.25, -0.2) is 0 Å². The van der Waals surface area contributed by atoms with Crippen LogP contribution in [0.15, 0.2) is 35.7 Å². The van der Waals surface area contributed by atoms with Crippen LogP contribution in [0.1, 0.15) is 15.2 Å². The number of nitrogens with one attached hydrogen (secondary N) is 1. The lowest BCUT2D eigenvalue weighted by Crippen LogP contribution is -2.11. The van der Waals surface area contributed by atoms with E-state index in [0.29, 0.717) is 21.2 Å². The van der Waals surface area contributed by atoms with E-state index in [-0.39, 0.29) is 12.5 Å². The number of halogens is 1. The van der Waals surface area contributed by atoms with Crippen LogP contribution in [0.3, 0.4) is 0 Å². The maximum absolute atomic E-state index is 12.1. The minimum atomic E-state index is -0.196. The van der Waals surface area contributed by atoms with E-state index in [0.717, 1.165) is 0 Å². The minimum absolute atomic E-state index is 0.196. The average molecular weight is 291 g/mol. The van der Waals surface area contributed by atoms with E-state index >= 15 is 0 Å². The number of nitrogens with two attached hydrogens (primary N) is 1. The van der Waals surface area contributed by atoms with Crippen molar-refractivity contribution < 1.29 is 4.79 Å². The van der Waals surface area contributed by atoms with Crippen molar-refractivity contribution in [3.63, 3.8) is 0 Å². The van der Waals surface area contributed by atoms with E-state index in [1.165, 1.54) is 11.3 Å². The summed E-state index contributed by atoms with van der Waals surface area (Å²) in [5.74, 6) is 5.43. The Bertz CT molecular complexity index is 655. The summed E-state index contributed by atoms with van der Waals surface area (Å²) in [5.41, 5.74) is 6.67. The molecule has 0 aliphatic rings. The van der Waals surface area contributed by atoms with Crippen molar-refractivity contribution in [1.29, 1.82) is 0 Å². The zero-order valence-electron chi connectivity index (χ0n) is 9.94. The summed E-state index contributed by atoms with van der Waals surface area (Å²) in [6.45, 7) is 0.269. The van der Waals surface area contributed by atoms with Gasteiger partial charge in [0, 0.05) is 16.3 Å². The van der Waals surface area contributed by atoms with Gasteiger partial charge in [0.2, 0.25) is 0 Å². The van der Waals surface area contributed by atoms with Crippen LogP contribution >= 0.6 is 22.9 Å². The van der Waals surface area contributed by atoms with Gasteiger partial charge in [0.1, 0.15) is 4.88 Å². The van der Waals surface area contributed by atoms with Gasteiger partial charge in [-0.15, -0.1) is 11.3 Å². The first-order valence-corrected chi connectivity index (χ1v) is 6.80. The number of amides is 1. The quantitative estimate of drug-likeness (QED) is 0.836. The monoisotopic (exact) mass is 290 g/mol. The van der Waals surface area contributed by atoms with E-state index < -0.39 is 0 Å². The minimum Gasteiger partial charge on any atom is -0.321 e. The molecule has 1 amide bonds. The first-order chi connectivity index (χ1) is 9.20. The fourth-order valence-electron chi connectivity index (χ4n) is 1.48. The van der Waals surface area contributed by atoms with E-state index in [4.69, 9.17) is 17.3 Å². The Morgan fingerprint density at radius 2 is 2.26 bits per heavy atom. The highest BCUT2D eigenvalue weighted by Gasteiger charge is 2.12. The number of rotatable bonds is 2. The fraction of sp³-hybridized carbons (Fsp3) is 0.0714. The number of hydrogen-bond donors (Lipinski definition) is 2. The van der Waals surface area contributed by atoms with Gasteiger partial charge in [0.05, 0.1) is 6.54 Å². The molecule has 0 unspecified atom stereocenters. The molecule has 3 N–H and O–H groups in total. The Hall–Kier alpha value is -1.80. The van der Waals surface area contributed by atoms with Crippen LogP contribution in [0.2, 0.25) is 5.02 Å². The van der Waals surface area contributed by atoms with Crippen molar-refractivity contribution in [2.45, 2.75) is 0 Å². The molecule has 1 heterocycles. The van der Waals surface area contributed by atoms with E-state index in [2.05, 4.69) is 17.2 Å². The normalized spacial score (nSPS) is 9.58. The number of carbonyl (C=O) groups excluding carboxylic acids is 1. The van der Waals surface area contributed by atoms with Gasteiger partial charge in [0.25, 0.3) is 5.91 Å². The second-order valence-corrected chi connectivity index (χ2v) is 4.99. The third kappa shape index (κ3) is 3.58. The Labute approximate surface area is 120 Å². The molecule has 0 aliphatic heterocycles. The van der Waals surface area contributed by atoms with Crippen LogP contribution in [0.25, 0.3) is 0 Å². The highest BCUT2D eigenvalue weighted by atomic mass is 35.5. The second-order valence-electron chi connectivity index (χ2n) is 3.63. The smallest absolute Gasteiger partial charge is 0.267 e. The molecule has 0 fully saturated rings. The van der Waals surface area contributed by atoms with Crippen molar-refractivity contribution in [3.8, 4) is 11.8 Å². The zero-order chi connectivity index (χ0) is 13.7. The molecule has 0 bridgehead atoms. The molecule has 0 saturated carbocycles. The van der Waals surface area contributed by atoms with Crippen molar-refractivity contribution in [1.82, 2.24) is 0 Å². The van der Waals surface area contributed by atoms with Gasteiger partial charge in [-0.05, 0) is 29.6 Å². The summed E-state index contributed by atoms with van der Waals surface area (Å²) in [5, 5.41) is 5.19. The van der Waals surface area contributed by atoms with Crippen LogP contribution in [0.5, 0.6) is 0 Å². The van der Waals surface area contributed by atoms with E-state index in [9.17, 15) is 4.79 Å². The van der Waals surface area contributed by atoms with Crippen LogP contribution in [-0.2, 0) is 0 Å². The Balaban J connectivity index is 2.19. The highest BCUT2D eigenvalue weighted by Crippen LogP contribution is 2.20. The number of benzene rings is 1. The summed E-state index contributed by atoms with van der Waals surface area (Å²) >= 11 is 7.21. The largest absolute Gasteiger partial charge is 0.321 e. The van der Waals surface area contributed by atoms with Crippen molar-refractivity contribution >= 4 is 34.5 Å². The number of thiophene rings is 1. The molecule has 0 saturated heterocycles. The average Bonchev–Trinajstić information content (AvgIpc) is 2.84. The number of carbonyl (C=O) groups is 1. The van der Waals surface area contributed by atoms with Crippen molar-refractivity contribution in [2.75, 3.05) is 11.9 Å². The van der Waals surface area contributed by atoms with Crippen LogP contribution in [-0.4, -0.2) is 12.5 Å². The molecular formula is C14H11ClN2OS. The molecule has 0 radical (unpaired) electrons. The lowest BCUT2D eigenvalue weighted by atomic mass is 10.2. The molecule has 2 rings (SSSR count). The molecule has 5 heteroatoms. The van der Waals surface area contributed by atoms with Gasteiger partial charge in [0.15, 0.2) is 0 Å². The van der Waals surface area contributed by atoms with Gasteiger partial charge < -0.3 is 11.1 Å². The molecule has 0 spiro atoms. The summed E-state index contributed by atoms with van der Waals surface area (Å²) in [6, 6.07) is 8.81. The molecule has 1 aromatic heterocycles. The fourth-order valence-corrected chi connectivity index (χ4v) is 2.42. The maximum atomic E-state index is 12.1. The van der Waals surface area contributed by atoms with Crippen molar-refractivity contribution in [3.05, 3.63) is 51.2 Å². The molecule has 96 valence electrons. The maximum Gasteiger partial charge on any atom is 0.267 e. The molecule has 2 aromatic rings. The molecule has 3 nitrogen and oxygen atoms in total. The van der Waals surface area contributed by atoms with Crippen LogP contribution in [0.4, 0.5) is 5.69 Å². The van der Waals surface area contributed by atoms with Crippen molar-refractivity contribution in [2.24, 2.45) is 5.73 Å². The molecule has 0 atom stereocenters. The summed E-state index contributed by atoms with van der Waals surface area (Å²) in [4.78, 5) is 12.7. The summed E-state index contributed by atoms with van der Waals surface area (Å²) in [6.07, 6.45) is 0. The standard InChI is InChI=1S/C14H11ClN2OS/c15-11-4-1-5-12(9-11)17-14(18)13-10(3-2-7-16)6-8-19-13/h1,4-6,8-9H,7,16H2,(H,17,18). The summed E-state index contributed by atoms with van der Waals surface area (Å²) < 4.78 is 0. The topological polar surface area (TPSA) is 55.1 Å². The Morgan fingerprint density at radius 3 is 3.00 bits per heavy atom. The third-order valence-corrected chi connectivity index (χ3v) is 3.43. The van der Waals surface area contributed by atoms with Gasteiger partial charge in [-0.3, -0.25) is 4.79 Å². The predicted molar refractivity (Wildman–Crippen MR) is 79.7 cm³/mol. The lowest BCUT2D eigenvalue weighted by Gasteiger charge is -2.04. The van der Waals surface area contributed by atoms with E-state index in [1.807, 2.05) is 5.38 Å². The third-order valence-electron chi connectivity index (χ3n) is 2.28. The first-order valence-electron chi connectivity index (χ1n) is 5.54. The Morgan fingerprint density at radius 1 is 1.42 bits per heavy atom. The number of anilines is 1. The first kappa shape index (κ1) is 13.6. The predicted octanol–water partition coefficient (Wildman–Crippen LogP) is 2.96. The van der Waals surface area contributed by atoms with Gasteiger partial charge in [-0.1, -0.05) is 29.5 Å².